The topological polar surface area (TPSA) is 32.3 Å². The molecule has 0 bridgehead atoms. The maximum Gasteiger partial charge on any atom is 0.129 e. The van der Waals surface area contributed by atoms with E-state index in [1.54, 1.807) is 18.2 Å². The van der Waals surface area contributed by atoms with Crippen molar-refractivity contribution in [3.05, 3.63) is 35.6 Å². The fraction of sp³-hybridized carbons (Fsp3) is 0.538. The second-order valence-corrected chi connectivity index (χ2v) is 5.51. The number of thioether (sulfide) groups is 1. The molecule has 1 aliphatic rings. The molecule has 1 aromatic rings. The number of aliphatic hydroxyl groups excluding tert-OH is 1. The first-order valence-electron chi connectivity index (χ1n) is 6.01. The van der Waals surface area contributed by atoms with Crippen molar-refractivity contribution in [2.75, 3.05) is 18.1 Å². The summed E-state index contributed by atoms with van der Waals surface area (Å²) < 4.78 is 13.4. The number of nitrogens with one attached hydrogen (secondary N) is 1. The molecule has 1 fully saturated rings. The lowest BCUT2D eigenvalue weighted by molar-refractivity contribution is 0.165. The Hall–Kier alpha value is -0.580. The van der Waals surface area contributed by atoms with Gasteiger partial charge in [-0.15, -0.1) is 0 Å². The lowest BCUT2D eigenvalue weighted by Crippen LogP contribution is -2.36. The molecule has 2 atom stereocenters. The van der Waals surface area contributed by atoms with Gasteiger partial charge in [-0.25, -0.2) is 4.39 Å². The fourth-order valence-electron chi connectivity index (χ4n) is 2.04. The third kappa shape index (κ3) is 3.69. The minimum atomic E-state index is -0.761. The fourth-order valence-corrected chi connectivity index (χ4v) is 3.14. The summed E-state index contributed by atoms with van der Waals surface area (Å²) in [5.74, 6) is 1.98. The monoisotopic (exact) mass is 255 g/mol. The van der Waals surface area contributed by atoms with Gasteiger partial charge < -0.3 is 10.4 Å². The number of rotatable bonds is 4. The van der Waals surface area contributed by atoms with Gasteiger partial charge in [0.05, 0.1) is 6.10 Å². The zero-order chi connectivity index (χ0) is 12.1. The zero-order valence-corrected chi connectivity index (χ0v) is 10.5. The van der Waals surface area contributed by atoms with Gasteiger partial charge in [0, 0.05) is 23.9 Å². The highest BCUT2D eigenvalue weighted by molar-refractivity contribution is 7.99. The first kappa shape index (κ1) is 12.9. The largest absolute Gasteiger partial charge is 0.387 e. The molecule has 0 aliphatic carbocycles. The summed E-state index contributed by atoms with van der Waals surface area (Å²) >= 11 is 1.94. The Labute approximate surface area is 106 Å². The van der Waals surface area contributed by atoms with Crippen LogP contribution >= 0.6 is 11.8 Å². The lowest BCUT2D eigenvalue weighted by atomic mass is 10.1. The molecule has 0 amide bonds. The minimum absolute atomic E-state index is 0.334. The van der Waals surface area contributed by atoms with E-state index in [0.29, 0.717) is 18.2 Å². The SMILES string of the molecule is OC(CNC1CCCSC1)c1ccccc1F. The second kappa shape index (κ2) is 6.38. The van der Waals surface area contributed by atoms with Crippen LogP contribution in [0.2, 0.25) is 0 Å². The summed E-state index contributed by atoms with van der Waals surface area (Å²) in [4.78, 5) is 0. The molecule has 0 spiro atoms. The molecule has 17 heavy (non-hydrogen) atoms. The van der Waals surface area contributed by atoms with Crippen molar-refractivity contribution in [1.82, 2.24) is 5.32 Å². The van der Waals surface area contributed by atoms with Crippen LogP contribution in [-0.2, 0) is 0 Å². The Bertz CT molecular complexity index is 355. The van der Waals surface area contributed by atoms with Crippen LogP contribution in [0.3, 0.4) is 0 Å². The Morgan fingerprint density at radius 3 is 3.00 bits per heavy atom. The summed E-state index contributed by atoms with van der Waals surface area (Å²) in [7, 11) is 0. The quantitative estimate of drug-likeness (QED) is 0.866. The smallest absolute Gasteiger partial charge is 0.129 e. The van der Waals surface area contributed by atoms with E-state index in [1.807, 2.05) is 11.8 Å². The molecule has 2 rings (SSSR count). The summed E-state index contributed by atoms with van der Waals surface area (Å²) in [6, 6.07) is 6.86. The van der Waals surface area contributed by atoms with Crippen LogP contribution in [0.1, 0.15) is 24.5 Å². The van der Waals surface area contributed by atoms with E-state index in [2.05, 4.69) is 5.32 Å². The van der Waals surface area contributed by atoms with Crippen molar-refractivity contribution in [2.24, 2.45) is 0 Å². The van der Waals surface area contributed by atoms with Gasteiger partial charge in [-0.2, -0.15) is 11.8 Å². The summed E-state index contributed by atoms with van der Waals surface area (Å²) in [5, 5.41) is 13.2. The van der Waals surface area contributed by atoms with Gasteiger partial charge in [0.25, 0.3) is 0 Å². The van der Waals surface area contributed by atoms with Crippen molar-refractivity contribution in [1.29, 1.82) is 0 Å². The molecule has 94 valence electrons. The van der Waals surface area contributed by atoms with Crippen molar-refractivity contribution >= 4 is 11.8 Å². The van der Waals surface area contributed by atoms with E-state index < -0.39 is 6.10 Å². The molecule has 1 saturated heterocycles. The van der Waals surface area contributed by atoms with Crippen LogP contribution < -0.4 is 5.32 Å². The van der Waals surface area contributed by atoms with Crippen molar-refractivity contribution < 1.29 is 9.50 Å². The molecule has 0 radical (unpaired) electrons. The van der Waals surface area contributed by atoms with Crippen LogP contribution in [0.25, 0.3) is 0 Å². The molecule has 1 heterocycles. The van der Waals surface area contributed by atoms with E-state index >= 15 is 0 Å². The van der Waals surface area contributed by atoms with Gasteiger partial charge in [-0.05, 0) is 24.7 Å². The van der Waals surface area contributed by atoms with Crippen molar-refractivity contribution in [3.63, 3.8) is 0 Å². The van der Waals surface area contributed by atoms with Crippen LogP contribution in [-0.4, -0.2) is 29.2 Å². The summed E-state index contributed by atoms with van der Waals surface area (Å²) in [6.45, 7) is 0.423. The normalized spacial score (nSPS) is 22.4. The van der Waals surface area contributed by atoms with Gasteiger partial charge in [-0.3, -0.25) is 0 Å². The summed E-state index contributed by atoms with van der Waals surface area (Å²) in [6.07, 6.45) is 1.61. The van der Waals surface area contributed by atoms with Gasteiger partial charge in [0.2, 0.25) is 0 Å². The highest BCUT2D eigenvalue weighted by atomic mass is 32.2. The average molecular weight is 255 g/mol. The molecule has 0 aromatic heterocycles. The van der Waals surface area contributed by atoms with Gasteiger partial charge in [0.1, 0.15) is 5.82 Å². The predicted molar refractivity (Wildman–Crippen MR) is 69.7 cm³/mol. The third-order valence-electron chi connectivity index (χ3n) is 3.02. The molecule has 1 aliphatic heterocycles. The molecule has 2 N–H and O–H groups in total. The van der Waals surface area contributed by atoms with E-state index in [4.69, 9.17) is 0 Å². The molecule has 2 nitrogen and oxygen atoms in total. The minimum Gasteiger partial charge on any atom is -0.387 e. The second-order valence-electron chi connectivity index (χ2n) is 4.36. The number of hydrogen-bond donors (Lipinski definition) is 2. The first-order valence-corrected chi connectivity index (χ1v) is 7.16. The van der Waals surface area contributed by atoms with E-state index in [1.165, 1.54) is 18.2 Å². The Kier molecular flexibility index (Phi) is 4.83. The van der Waals surface area contributed by atoms with Gasteiger partial charge in [0.15, 0.2) is 0 Å². The number of hydrogen-bond acceptors (Lipinski definition) is 3. The first-order chi connectivity index (χ1) is 8.27. The van der Waals surface area contributed by atoms with E-state index in [0.717, 1.165) is 12.2 Å². The maximum atomic E-state index is 13.4. The highest BCUT2D eigenvalue weighted by Gasteiger charge is 2.16. The van der Waals surface area contributed by atoms with E-state index in [9.17, 15) is 9.50 Å². The Balaban J connectivity index is 1.84. The maximum absolute atomic E-state index is 13.4. The molecule has 2 unspecified atom stereocenters. The number of aliphatic hydroxyl groups is 1. The van der Waals surface area contributed by atoms with Crippen molar-refractivity contribution in [2.45, 2.75) is 25.0 Å². The van der Waals surface area contributed by atoms with Gasteiger partial charge in [-0.1, -0.05) is 18.2 Å². The van der Waals surface area contributed by atoms with Gasteiger partial charge >= 0.3 is 0 Å². The van der Waals surface area contributed by atoms with E-state index in [-0.39, 0.29) is 5.82 Å². The molecular weight excluding hydrogens is 237 g/mol. The Morgan fingerprint density at radius 1 is 1.47 bits per heavy atom. The standard InChI is InChI=1S/C13H18FNOS/c14-12-6-2-1-5-11(12)13(16)8-15-10-4-3-7-17-9-10/h1-2,5-6,10,13,15-16H,3-4,7-9H2. The lowest BCUT2D eigenvalue weighted by Gasteiger charge is -2.24. The van der Waals surface area contributed by atoms with Crippen LogP contribution in [0.4, 0.5) is 4.39 Å². The number of benzene rings is 1. The number of halogens is 1. The summed E-state index contributed by atoms with van der Waals surface area (Å²) in [5.41, 5.74) is 0.378. The molecular formula is C13H18FNOS. The molecule has 0 saturated carbocycles. The van der Waals surface area contributed by atoms with Crippen LogP contribution in [0.15, 0.2) is 24.3 Å². The third-order valence-corrected chi connectivity index (χ3v) is 4.24. The average Bonchev–Trinajstić information content (AvgIpc) is 2.38. The van der Waals surface area contributed by atoms with Crippen LogP contribution in [0, 0.1) is 5.82 Å². The van der Waals surface area contributed by atoms with Crippen molar-refractivity contribution in [3.8, 4) is 0 Å². The predicted octanol–water partition coefficient (Wildman–Crippen LogP) is 2.34. The highest BCUT2D eigenvalue weighted by Crippen LogP contribution is 2.19. The molecule has 4 heteroatoms. The van der Waals surface area contributed by atoms with Crippen LogP contribution in [0.5, 0.6) is 0 Å². The molecule has 1 aromatic carbocycles. The zero-order valence-electron chi connectivity index (χ0n) is 9.73. The Morgan fingerprint density at radius 2 is 2.29 bits per heavy atom.